The molecule has 1 amide bonds. The van der Waals surface area contributed by atoms with Crippen molar-refractivity contribution in [3.8, 4) is 11.5 Å². The molecule has 0 fully saturated rings. The smallest absolute Gasteiger partial charge is 0.251 e. The topological polar surface area (TPSA) is 54.4 Å². The molecule has 2 unspecified atom stereocenters. The minimum absolute atomic E-state index is 0.0434. The number of ether oxygens (including phenoxy) is 2. The van der Waals surface area contributed by atoms with Crippen molar-refractivity contribution in [2.24, 2.45) is 11.0 Å². The number of amides is 1. The summed E-state index contributed by atoms with van der Waals surface area (Å²) >= 11 is 0. The van der Waals surface area contributed by atoms with Crippen LogP contribution in [0.5, 0.6) is 11.5 Å². The third-order valence-electron chi connectivity index (χ3n) is 7.29. The molecule has 3 aromatic rings. The second kappa shape index (κ2) is 11.7. The molecule has 0 spiro atoms. The highest BCUT2D eigenvalue weighted by atomic mass is 19.1. The number of para-hydroxylation sites is 1. The predicted molar refractivity (Wildman–Crippen MR) is 149 cm³/mol. The molecule has 0 aliphatic carbocycles. The van der Waals surface area contributed by atoms with Gasteiger partial charge in [0.05, 0.1) is 25.6 Å². The molecule has 1 aliphatic heterocycles. The van der Waals surface area contributed by atoms with Gasteiger partial charge in [-0.15, -0.1) is 0 Å². The average molecular weight is 518 g/mol. The first-order chi connectivity index (χ1) is 18.3. The lowest BCUT2D eigenvalue weighted by atomic mass is 9.76. The minimum Gasteiger partial charge on any atom is -0.493 e. The summed E-state index contributed by atoms with van der Waals surface area (Å²) < 4.78 is 24.6. The summed E-state index contributed by atoms with van der Waals surface area (Å²) in [6, 6.07) is 21.8. The van der Waals surface area contributed by atoms with E-state index < -0.39 is 5.54 Å². The van der Waals surface area contributed by atoms with Crippen molar-refractivity contribution >= 4 is 17.3 Å². The first kappa shape index (κ1) is 27.2. The monoisotopic (exact) mass is 517 g/mol. The SMILES string of the molecule is CCCCC1C(c2ccc(F)cc2)=NN(c2ccccc2)C1(C)C(=O)N(C)Cc1ccc(OC)c(OC)c1. The van der Waals surface area contributed by atoms with Gasteiger partial charge in [-0.1, -0.05) is 56.2 Å². The lowest BCUT2D eigenvalue weighted by Gasteiger charge is -2.40. The fourth-order valence-electron chi connectivity index (χ4n) is 5.25. The molecule has 0 saturated carbocycles. The van der Waals surface area contributed by atoms with Gasteiger partial charge in [0.2, 0.25) is 0 Å². The number of hydrogen-bond donors (Lipinski definition) is 0. The fourth-order valence-corrected chi connectivity index (χ4v) is 5.25. The number of anilines is 1. The van der Waals surface area contributed by atoms with Crippen LogP contribution in [0.15, 0.2) is 77.9 Å². The molecular formula is C31H36FN3O3. The molecule has 7 heteroatoms. The summed E-state index contributed by atoms with van der Waals surface area (Å²) in [6.07, 6.45) is 2.71. The Morgan fingerprint density at radius 1 is 1.03 bits per heavy atom. The zero-order valence-corrected chi connectivity index (χ0v) is 22.8. The Hall–Kier alpha value is -3.87. The van der Waals surface area contributed by atoms with Crippen LogP contribution in [0.3, 0.4) is 0 Å². The van der Waals surface area contributed by atoms with Gasteiger partial charge in [-0.3, -0.25) is 4.79 Å². The quantitative estimate of drug-likeness (QED) is 0.317. The first-order valence-corrected chi connectivity index (χ1v) is 13.0. The molecule has 0 aromatic heterocycles. The summed E-state index contributed by atoms with van der Waals surface area (Å²) in [5.41, 5.74) is 2.41. The fraction of sp³-hybridized carbons (Fsp3) is 0.355. The van der Waals surface area contributed by atoms with E-state index in [9.17, 15) is 9.18 Å². The molecule has 3 aromatic carbocycles. The average Bonchev–Trinajstić information content (AvgIpc) is 3.24. The number of rotatable bonds is 10. The van der Waals surface area contributed by atoms with Gasteiger partial charge in [0, 0.05) is 19.5 Å². The Bertz CT molecular complexity index is 1280. The van der Waals surface area contributed by atoms with Gasteiger partial charge in [-0.25, -0.2) is 9.40 Å². The number of benzene rings is 3. The summed E-state index contributed by atoms with van der Waals surface area (Å²) in [7, 11) is 5.02. The number of carbonyl (C=O) groups is 1. The van der Waals surface area contributed by atoms with Crippen LogP contribution in [0.2, 0.25) is 0 Å². The van der Waals surface area contributed by atoms with Crippen LogP contribution in [0.1, 0.15) is 44.2 Å². The van der Waals surface area contributed by atoms with Crippen LogP contribution in [-0.4, -0.2) is 43.3 Å². The van der Waals surface area contributed by atoms with Gasteiger partial charge in [-0.2, -0.15) is 5.10 Å². The zero-order chi connectivity index (χ0) is 27.3. The maximum absolute atomic E-state index is 14.4. The van der Waals surface area contributed by atoms with E-state index in [2.05, 4.69) is 6.92 Å². The van der Waals surface area contributed by atoms with E-state index in [4.69, 9.17) is 14.6 Å². The highest BCUT2D eigenvalue weighted by Crippen LogP contribution is 2.43. The van der Waals surface area contributed by atoms with Gasteiger partial charge in [0.1, 0.15) is 11.4 Å². The van der Waals surface area contributed by atoms with Crippen molar-refractivity contribution in [2.75, 3.05) is 26.3 Å². The zero-order valence-electron chi connectivity index (χ0n) is 22.8. The molecule has 0 bridgehead atoms. The maximum Gasteiger partial charge on any atom is 0.251 e. The summed E-state index contributed by atoms with van der Waals surface area (Å²) in [4.78, 5) is 16.2. The predicted octanol–water partition coefficient (Wildman–Crippen LogP) is 6.29. The number of nitrogens with zero attached hydrogens (tertiary/aromatic N) is 3. The molecular weight excluding hydrogens is 481 g/mol. The van der Waals surface area contributed by atoms with E-state index in [1.54, 1.807) is 31.3 Å². The van der Waals surface area contributed by atoms with Gasteiger partial charge in [-0.05, 0) is 60.9 Å². The number of carbonyl (C=O) groups excluding carboxylic acids is 1. The van der Waals surface area contributed by atoms with E-state index in [1.165, 1.54) is 12.1 Å². The van der Waals surface area contributed by atoms with Crippen molar-refractivity contribution in [1.82, 2.24) is 4.90 Å². The second-order valence-corrected chi connectivity index (χ2v) is 9.83. The molecule has 6 nitrogen and oxygen atoms in total. The van der Waals surface area contributed by atoms with Crippen LogP contribution >= 0.6 is 0 Å². The highest BCUT2D eigenvalue weighted by molar-refractivity contribution is 6.10. The Morgan fingerprint density at radius 2 is 1.71 bits per heavy atom. The number of likely N-dealkylation sites (N-methyl/N-ethyl adjacent to an activating group) is 1. The van der Waals surface area contributed by atoms with Crippen molar-refractivity contribution in [3.63, 3.8) is 0 Å². The van der Waals surface area contributed by atoms with E-state index in [0.717, 1.165) is 41.8 Å². The van der Waals surface area contributed by atoms with E-state index >= 15 is 0 Å². The molecule has 2 atom stereocenters. The number of methoxy groups -OCH3 is 2. The van der Waals surface area contributed by atoms with Crippen LogP contribution in [0.25, 0.3) is 0 Å². The van der Waals surface area contributed by atoms with Crippen LogP contribution in [-0.2, 0) is 11.3 Å². The van der Waals surface area contributed by atoms with Gasteiger partial charge >= 0.3 is 0 Å². The molecule has 0 saturated heterocycles. The molecule has 1 aliphatic rings. The third kappa shape index (κ3) is 5.23. The third-order valence-corrected chi connectivity index (χ3v) is 7.29. The molecule has 38 heavy (non-hydrogen) atoms. The Morgan fingerprint density at radius 3 is 2.34 bits per heavy atom. The summed E-state index contributed by atoms with van der Waals surface area (Å²) in [5.74, 6) is 0.726. The van der Waals surface area contributed by atoms with Crippen molar-refractivity contribution in [3.05, 3.63) is 89.7 Å². The Balaban J connectivity index is 1.75. The van der Waals surface area contributed by atoms with Crippen molar-refractivity contribution in [2.45, 2.75) is 45.2 Å². The van der Waals surface area contributed by atoms with E-state index in [-0.39, 0.29) is 17.6 Å². The van der Waals surface area contributed by atoms with Gasteiger partial charge in [0.25, 0.3) is 5.91 Å². The molecule has 1 heterocycles. The van der Waals surface area contributed by atoms with Gasteiger partial charge in [0.15, 0.2) is 11.5 Å². The van der Waals surface area contributed by atoms with Crippen LogP contribution < -0.4 is 14.5 Å². The second-order valence-electron chi connectivity index (χ2n) is 9.83. The van der Waals surface area contributed by atoms with Crippen molar-refractivity contribution < 1.29 is 18.7 Å². The number of hydrogen-bond acceptors (Lipinski definition) is 5. The molecule has 4 rings (SSSR count). The lowest BCUT2D eigenvalue weighted by Crippen LogP contribution is -2.58. The van der Waals surface area contributed by atoms with E-state index in [0.29, 0.717) is 18.0 Å². The number of hydrazone groups is 1. The maximum atomic E-state index is 14.4. The summed E-state index contributed by atoms with van der Waals surface area (Å²) in [6.45, 7) is 4.51. The Labute approximate surface area is 224 Å². The molecule has 0 N–H and O–H groups in total. The Kier molecular flexibility index (Phi) is 8.35. The molecule has 200 valence electrons. The number of halogens is 1. The lowest BCUT2D eigenvalue weighted by molar-refractivity contribution is -0.136. The molecule has 0 radical (unpaired) electrons. The largest absolute Gasteiger partial charge is 0.493 e. The van der Waals surface area contributed by atoms with Crippen molar-refractivity contribution in [1.29, 1.82) is 0 Å². The standard InChI is InChI=1S/C31H36FN3O3/c1-6-7-13-26-29(23-15-17-24(32)18-16-23)33-35(25-11-9-8-10-12-25)31(26,2)30(36)34(3)21-22-14-19-27(37-4)28(20-22)38-5/h8-12,14-20,26H,6-7,13,21H2,1-5H3. The van der Waals surface area contributed by atoms with Crippen LogP contribution in [0, 0.1) is 11.7 Å². The number of unbranched alkanes of at least 4 members (excludes halogenated alkanes) is 1. The minimum atomic E-state index is -0.981. The highest BCUT2D eigenvalue weighted by Gasteiger charge is 2.54. The normalized spacial score (nSPS) is 18.7. The summed E-state index contributed by atoms with van der Waals surface area (Å²) in [5, 5.41) is 6.91. The van der Waals surface area contributed by atoms with Crippen LogP contribution in [0.4, 0.5) is 10.1 Å². The van der Waals surface area contributed by atoms with Gasteiger partial charge < -0.3 is 14.4 Å². The van der Waals surface area contributed by atoms with E-state index in [1.807, 2.05) is 67.5 Å². The first-order valence-electron chi connectivity index (χ1n) is 13.0.